The molecule has 4 aromatic carbocycles. The third-order valence-electron chi connectivity index (χ3n) is 7.61. The molecule has 4 rings (SSSR count). The molecule has 1 unspecified atom stereocenters. The van der Waals surface area contributed by atoms with E-state index in [-0.39, 0.29) is 23.8 Å². The van der Waals surface area contributed by atoms with Crippen LogP contribution < -0.4 is 9.62 Å². The molecule has 0 spiro atoms. The fourth-order valence-electron chi connectivity index (χ4n) is 5.20. The Morgan fingerprint density at radius 2 is 1.38 bits per heavy atom. The van der Waals surface area contributed by atoms with Gasteiger partial charge >= 0.3 is 0 Å². The lowest BCUT2D eigenvalue weighted by Crippen LogP contribution is -2.56. The van der Waals surface area contributed by atoms with Crippen LogP contribution in [0.3, 0.4) is 0 Å². The van der Waals surface area contributed by atoms with Crippen LogP contribution in [0, 0.1) is 20.8 Å². The van der Waals surface area contributed by atoms with Crippen LogP contribution in [-0.2, 0) is 32.6 Å². The van der Waals surface area contributed by atoms with E-state index in [4.69, 9.17) is 0 Å². The number of hydrogen-bond acceptors (Lipinski definition) is 4. The second-order valence-electron chi connectivity index (χ2n) is 12.5. The summed E-state index contributed by atoms with van der Waals surface area (Å²) in [5.74, 6) is -0.791. The van der Waals surface area contributed by atoms with E-state index in [9.17, 15) is 18.0 Å². The highest BCUT2D eigenvalue weighted by Gasteiger charge is 2.36. The van der Waals surface area contributed by atoms with Gasteiger partial charge in [0.2, 0.25) is 11.8 Å². The third kappa shape index (κ3) is 8.60. The molecule has 0 aliphatic heterocycles. The lowest BCUT2D eigenvalue weighted by molar-refractivity contribution is -0.140. The molecule has 2 amide bonds. The van der Waals surface area contributed by atoms with Crippen molar-refractivity contribution in [1.82, 2.24) is 10.2 Å². The summed E-state index contributed by atoms with van der Waals surface area (Å²) in [5.41, 5.74) is 4.17. The molecule has 7 nitrogen and oxygen atoms in total. The number of amides is 2. The molecule has 0 aliphatic carbocycles. The summed E-state index contributed by atoms with van der Waals surface area (Å²) in [4.78, 5) is 30.3. The largest absolute Gasteiger partial charge is 0.350 e. The fraction of sp³-hybridized carbons (Fsp3) is 0.297. The molecule has 0 heterocycles. The molecule has 0 saturated carbocycles. The molecular weight excluding hydrogens is 582 g/mol. The number of benzene rings is 4. The van der Waals surface area contributed by atoms with Gasteiger partial charge in [0.25, 0.3) is 10.0 Å². The summed E-state index contributed by atoms with van der Waals surface area (Å²) in [6, 6.07) is 30.0. The highest BCUT2D eigenvalue weighted by molar-refractivity contribution is 7.92. The first-order valence-electron chi connectivity index (χ1n) is 15.1. The van der Waals surface area contributed by atoms with Gasteiger partial charge < -0.3 is 10.2 Å². The Morgan fingerprint density at radius 1 is 0.778 bits per heavy atom. The predicted molar refractivity (Wildman–Crippen MR) is 180 cm³/mol. The summed E-state index contributed by atoms with van der Waals surface area (Å²) in [5, 5.41) is 3.07. The van der Waals surface area contributed by atoms with Gasteiger partial charge in [0, 0.05) is 18.5 Å². The van der Waals surface area contributed by atoms with E-state index in [1.807, 2.05) is 108 Å². The maximum Gasteiger partial charge on any atom is 0.264 e. The minimum atomic E-state index is -4.15. The Hall–Kier alpha value is -4.43. The van der Waals surface area contributed by atoms with Crippen LogP contribution >= 0.6 is 0 Å². The number of sulfonamides is 1. The highest BCUT2D eigenvalue weighted by atomic mass is 32.2. The zero-order valence-electron chi connectivity index (χ0n) is 26.9. The van der Waals surface area contributed by atoms with Crippen molar-refractivity contribution in [2.45, 2.75) is 71.0 Å². The molecule has 0 aliphatic rings. The highest BCUT2D eigenvalue weighted by Crippen LogP contribution is 2.29. The van der Waals surface area contributed by atoms with Gasteiger partial charge in [-0.2, -0.15) is 0 Å². The lowest BCUT2D eigenvalue weighted by atomic mass is 10.00. The summed E-state index contributed by atoms with van der Waals surface area (Å²) in [6.07, 6.45) is 0.259. The number of hydrogen-bond donors (Lipinski definition) is 1. The second kappa shape index (κ2) is 14.1. The van der Waals surface area contributed by atoms with Crippen molar-refractivity contribution in [2.75, 3.05) is 10.8 Å². The van der Waals surface area contributed by atoms with Gasteiger partial charge in [0.05, 0.1) is 10.6 Å². The Labute approximate surface area is 268 Å². The van der Waals surface area contributed by atoms with Crippen molar-refractivity contribution in [3.63, 3.8) is 0 Å². The van der Waals surface area contributed by atoms with E-state index >= 15 is 0 Å². The quantitative estimate of drug-likeness (QED) is 0.210. The van der Waals surface area contributed by atoms with Gasteiger partial charge in [-0.3, -0.25) is 13.9 Å². The van der Waals surface area contributed by atoms with Crippen molar-refractivity contribution in [1.29, 1.82) is 0 Å². The molecule has 4 aromatic rings. The zero-order chi connectivity index (χ0) is 32.8. The maximum atomic E-state index is 14.7. The monoisotopic (exact) mass is 625 g/mol. The summed E-state index contributed by atoms with van der Waals surface area (Å²) in [6.45, 7) is 11.0. The number of rotatable bonds is 11. The Morgan fingerprint density at radius 3 is 2.00 bits per heavy atom. The minimum absolute atomic E-state index is 0.0791. The van der Waals surface area contributed by atoms with Gasteiger partial charge in [-0.25, -0.2) is 8.42 Å². The molecule has 1 N–H and O–H groups in total. The normalized spacial score (nSPS) is 12.3. The molecule has 1 atom stereocenters. The molecule has 0 radical (unpaired) electrons. The van der Waals surface area contributed by atoms with Crippen LogP contribution in [0.2, 0.25) is 0 Å². The first-order valence-corrected chi connectivity index (χ1v) is 16.6. The minimum Gasteiger partial charge on any atom is -0.350 e. The number of aryl methyl sites for hydroxylation is 3. The molecular formula is C37H43N3O4S. The number of nitrogens with zero attached hydrogens (tertiary/aromatic N) is 2. The molecule has 0 fully saturated rings. The molecule has 0 saturated heterocycles. The van der Waals surface area contributed by atoms with Crippen molar-refractivity contribution in [3.05, 3.63) is 131 Å². The van der Waals surface area contributed by atoms with Gasteiger partial charge in [-0.1, -0.05) is 84.9 Å². The van der Waals surface area contributed by atoms with Crippen LogP contribution in [-0.4, -0.2) is 43.3 Å². The van der Waals surface area contributed by atoms with Crippen molar-refractivity contribution < 1.29 is 18.0 Å². The first-order chi connectivity index (χ1) is 21.3. The standard InChI is InChI=1S/C37H43N3O4S/c1-27-21-22-29(3)33(23-27)40(45(43,44)32-19-11-8-12-20-32)26-35(41)39(25-31-18-14-13-15-28(31)2)34(36(42)38-37(4,5)6)24-30-16-9-7-10-17-30/h7-23,34H,24-26H2,1-6H3,(H,38,42). The van der Waals surface area contributed by atoms with Crippen molar-refractivity contribution >= 4 is 27.5 Å². The fourth-order valence-corrected chi connectivity index (χ4v) is 6.69. The SMILES string of the molecule is Cc1ccc(C)c(N(CC(=O)N(Cc2ccccc2C)C(Cc2ccccc2)C(=O)NC(C)(C)C)S(=O)(=O)c2ccccc2)c1. The molecule has 45 heavy (non-hydrogen) atoms. The maximum absolute atomic E-state index is 14.7. The van der Waals surface area contributed by atoms with E-state index in [0.717, 1.165) is 22.3 Å². The summed E-state index contributed by atoms with van der Waals surface area (Å²) < 4.78 is 29.6. The Balaban J connectivity index is 1.85. The average Bonchev–Trinajstić information content (AvgIpc) is 2.99. The molecule has 236 valence electrons. The van der Waals surface area contributed by atoms with Crippen LogP contribution in [0.1, 0.15) is 48.6 Å². The van der Waals surface area contributed by atoms with Crippen molar-refractivity contribution in [2.24, 2.45) is 0 Å². The second-order valence-corrected chi connectivity index (χ2v) is 14.4. The van der Waals surface area contributed by atoms with E-state index in [0.29, 0.717) is 11.3 Å². The van der Waals surface area contributed by atoms with E-state index < -0.39 is 34.1 Å². The van der Waals surface area contributed by atoms with E-state index in [1.54, 1.807) is 24.3 Å². The van der Waals surface area contributed by atoms with Crippen LogP contribution in [0.5, 0.6) is 0 Å². The van der Waals surface area contributed by atoms with Crippen LogP contribution in [0.25, 0.3) is 0 Å². The molecule has 0 aromatic heterocycles. The van der Waals surface area contributed by atoms with Gasteiger partial charge in [-0.15, -0.1) is 0 Å². The smallest absolute Gasteiger partial charge is 0.264 e. The number of anilines is 1. The van der Waals surface area contributed by atoms with E-state index in [2.05, 4.69) is 5.32 Å². The summed E-state index contributed by atoms with van der Waals surface area (Å²) in [7, 11) is -4.15. The molecule has 8 heteroatoms. The lowest BCUT2D eigenvalue weighted by Gasteiger charge is -2.36. The number of carbonyl (C=O) groups excluding carboxylic acids is 2. The van der Waals surface area contributed by atoms with Gasteiger partial charge in [-0.05, 0) is 87.6 Å². The van der Waals surface area contributed by atoms with Crippen molar-refractivity contribution in [3.8, 4) is 0 Å². The van der Waals surface area contributed by atoms with Crippen LogP contribution in [0.15, 0.2) is 108 Å². The summed E-state index contributed by atoms with van der Waals surface area (Å²) >= 11 is 0. The first kappa shape index (κ1) is 33.5. The molecule has 0 bridgehead atoms. The Bertz CT molecular complexity index is 1730. The third-order valence-corrected chi connectivity index (χ3v) is 9.39. The average molecular weight is 626 g/mol. The zero-order valence-corrected chi connectivity index (χ0v) is 27.8. The van der Waals surface area contributed by atoms with Gasteiger partial charge in [0.15, 0.2) is 0 Å². The van der Waals surface area contributed by atoms with Gasteiger partial charge in [0.1, 0.15) is 12.6 Å². The number of nitrogens with one attached hydrogen (secondary N) is 1. The Kier molecular flexibility index (Phi) is 10.5. The topological polar surface area (TPSA) is 86.8 Å². The van der Waals surface area contributed by atoms with E-state index in [1.165, 1.54) is 21.3 Å². The number of carbonyl (C=O) groups is 2. The van der Waals surface area contributed by atoms with Crippen LogP contribution in [0.4, 0.5) is 5.69 Å². The predicted octanol–water partition coefficient (Wildman–Crippen LogP) is 6.36.